The molecule has 0 fully saturated rings. The molecule has 9 heavy (non-hydrogen) atoms. The molecule has 48 valence electrons. The maximum absolute atomic E-state index is 8.55. The first-order chi connectivity index (χ1) is 4.22. The Balaban J connectivity index is 2.94. The largest absolute Gasteiger partial charge is 0.493 e. The average Bonchev–Trinajstić information content (AvgIpc) is 2.13. The standard InChI is InChI=1S/C4H6BNO3/c1-3-4(5(7)8)2-9-6-3/h2,7-8H,1H3. The van der Waals surface area contributed by atoms with Crippen LogP contribution in [0.3, 0.4) is 0 Å². The molecule has 0 radical (unpaired) electrons. The highest BCUT2D eigenvalue weighted by molar-refractivity contribution is 6.58. The lowest BCUT2D eigenvalue weighted by molar-refractivity contribution is 0.412. The molecule has 0 bridgehead atoms. The normalized spacial score (nSPS) is 9.67. The second-order valence-electron chi connectivity index (χ2n) is 1.73. The van der Waals surface area contributed by atoms with Crippen molar-refractivity contribution in [2.45, 2.75) is 6.92 Å². The maximum Gasteiger partial charge on any atom is 0.493 e. The number of hydrogen-bond acceptors (Lipinski definition) is 4. The predicted molar refractivity (Wildman–Crippen MR) is 31.1 cm³/mol. The van der Waals surface area contributed by atoms with Crippen molar-refractivity contribution in [3.8, 4) is 0 Å². The van der Waals surface area contributed by atoms with E-state index >= 15 is 0 Å². The van der Waals surface area contributed by atoms with Crippen LogP contribution in [-0.2, 0) is 0 Å². The van der Waals surface area contributed by atoms with Gasteiger partial charge in [-0.3, -0.25) is 0 Å². The van der Waals surface area contributed by atoms with E-state index in [1.807, 2.05) is 0 Å². The van der Waals surface area contributed by atoms with Crippen molar-refractivity contribution in [2.24, 2.45) is 0 Å². The van der Waals surface area contributed by atoms with Crippen molar-refractivity contribution in [1.82, 2.24) is 5.16 Å². The highest BCUT2D eigenvalue weighted by Crippen LogP contribution is 1.87. The number of hydrogen-bond donors (Lipinski definition) is 2. The lowest BCUT2D eigenvalue weighted by Crippen LogP contribution is -2.30. The maximum atomic E-state index is 8.55. The van der Waals surface area contributed by atoms with Gasteiger partial charge in [0.2, 0.25) is 0 Å². The number of aromatic nitrogens is 1. The predicted octanol–water partition coefficient (Wildman–Crippen LogP) is -1.34. The highest BCUT2D eigenvalue weighted by Gasteiger charge is 2.16. The van der Waals surface area contributed by atoms with Crippen molar-refractivity contribution in [3.05, 3.63) is 12.0 Å². The van der Waals surface area contributed by atoms with E-state index in [0.717, 1.165) is 0 Å². The van der Waals surface area contributed by atoms with Crippen molar-refractivity contribution < 1.29 is 14.6 Å². The van der Waals surface area contributed by atoms with Crippen LogP contribution in [0.15, 0.2) is 10.8 Å². The molecule has 0 saturated carbocycles. The van der Waals surface area contributed by atoms with Gasteiger partial charge in [0.25, 0.3) is 0 Å². The molecule has 1 aromatic heterocycles. The molecule has 0 amide bonds. The van der Waals surface area contributed by atoms with Gasteiger partial charge >= 0.3 is 7.12 Å². The average molecular weight is 127 g/mol. The Bertz CT molecular complexity index is 197. The third-order valence-electron chi connectivity index (χ3n) is 1.07. The van der Waals surface area contributed by atoms with Gasteiger partial charge in [-0.2, -0.15) is 0 Å². The molecule has 0 spiro atoms. The molecule has 2 N–H and O–H groups in total. The summed E-state index contributed by atoms with van der Waals surface area (Å²) in [7, 11) is -1.48. The highest BCUT2D eigenvalue weighted by atomic mass is 16.5. The van der Waals surface area contributed by atoms with Gasteiger partial charge in [-0.05, 0) is 6.92 Å². The van der Waals surface area contributed by atoms with E-state index in [1.54, 1.807) is 6.92 Å². The molecule has 0 aliphatic heterocycles. The lowest BCUT2D eigenvalue weighted by Gasteiger charge is -1.89. The quantitative estimate of drug-likeness (QED) is 0.458. The first-order valence-corrected chi connectivity index (χ1v) is 2.49. The van der Waals surface area contributed by atoms with Gasteiger partial charge in [-0.1, -0.05) is 5.16 Å². The third kappa shape index (κ3) is 1.12. The number of rotatable bonds is 1. The monoisotopic (exact) mass is 127 g/mol. The van der Waals surface area contributed by atoms with Crippen molar-refractivity contribution in [2.75, 3.05) is 0 Å². The molecule has 0 aliphatic rings. The fraction of sp³-hybridized carbons (Fsp3) is 0.250. The van der Waals surface area contributed by atoms with E-state index in [4.69, 9.17) is 10.0 Å². The Hall–Kier alpha value is -0.805. The van der Waals surface area contributed by atoms with Crippen LogP contribution in [0.2, 0.25) is 0 Å². The van der Waals surface area contributed by atoms with Gasteiger partial charge in [0.15, 0.2) is 0 Å². The van der Waals surface area contributed by atoms with E-state index in [-0.39, 0.29) is 0 Å². The molecule has 0 unspecified atom stereocenters. The van der Waals surface area contributed by atoms with Crippen molar-refractivity contribution in [1.29, 1.82) is 0 Å². The fourth-order valence-corrected chi connectivity index (χ4v) is 0.548. The smallest absolute Gasteiger partial charge is 0.423 e. The Morgan fingerprint density at radius 1 is 1.67 bits per heavy atom. The molecule has 5 heteroatoms. The fourth-order valence-electron chi connectivity index (χ4n) is 0.548. The van der Waals surface area contributed by atoms with E-state index in [0.29, 0.717) is 11.2 Å². The van der Waals surface area contributed by atoms with E-state index in [9.17, 15) is 0 Å². The van der Waals surface area contributed by atoms with Crippen LogP contribution in [0.1, 0.15) is 5.69 Å². The summed E-state index contributed by atoms with van der Waals surface area (Å²) < 4.78 is 4.44. The SMILES string of the molecule is Cc1nocc1B(O)O. The lowest BCUT2D eigenvalue weighted by atomic mass is 9.81. The van der Waals surface area contributed by atoms with Crippen LogP contribution >= 0.6 is 0 Å². The zero-order valence-corrected chi connectivity index (χ0v) is 4.90. The second-order valence-corrected chi connectivity index (χ2v) is 1.73. The first-order valence-electron chi connectivity index (χ1n) is 2.49. The summed E-state index contributed by atoms with van der Waals surface area (Å²) >= 11 is 0. The van der Waals surface area contributed by atoms with Gasteiger partial charge < -0.3 is 14.6 Å². The summed E-state index contributed by atoms with van der Waals surface area (Å²) in [6.45, 7) is 1.64. The zero-order valence-electron chi connectivity index (χ0n) is 4.90. The molecular formula is C4H6BNO3. The Morgan fingerprint density at radius 2 is 2.33 bits per heavy atom. The second kappa shape index (κ2) is 2.20. The molecule has 4 nitrogen and oxygen atoms in total. The minimum Gasteiger partial charge on any atom is -0.423 e. The number of aryl methyl sites for hydroxylation is 1. The molecule has 0 aliphatic carbocycles. The topological polar surface area (TPSA) is 66.5 Å². The molecule has 1 rings (SSSR count). The molecule has 0 saturated heterocycles. The first kappa shape index (κ1) is 6.32. The zero-order chi connectivity index (χ0) is 6.85. The van der Waals surface area contributed by atoms with E-state index in [1.165, 1.54) is 6.26 Å². The van der Waals surface area contributed by atoms with Crippen LogP contribution in [0.5, 0.6) is 0 Å². The Morgan fingerprint density at radius 3 is 2.56 bits per heavy atom. The molecule has 0 atom stereocenters. The van der Waals surface area contributed by atoms with Gasteiger partial charge in [-0.25, -0.2) is 0 Å². The number of nitrogens with zero attached hydrogens (tertiary/aromatic N) is 1. The van der Waals surface area contributed by atoms with E-state index in [2.05, 4.69) is 9.68 Å². The van der Waals surface area contributed by atoms with Crippen LogP contribution in [0.25, 0.3) is 0 Å². The minimum absolute atomic E-state index is 0.315. The Labute approximate surface area is 52.2 Å². The summed E-state index contributed by atoms with van der Waals surface area (Å²) in [4.78, 5) is 0. The summed E-state index contributed by atoms with van der Waals surface area (Å²) in [5.74, 6) is 0. The molecule has 1 heterocycles. The van der Waals surface area contributed by atoms with Crippen LogP contribution in [0, 0.1) is 6.92 Å². The Kier molecular flexibility index (Phi) is 1.55. The summed E-state index contributed by atoms with van der Waals surface area (Å²) in [5.41, 5.74) is 0.819. The van der Waals surface area contributed by atoms with Crippen molar-refractivity contribution in [3.63, 3.8) is 0 Å². The van der Waals surface area contributed by atoms with Gasteiger partial charge in [0.05, 0.1) is 5.69 Å². The van der Waals surface area contributed by atoms with Crippen LogP contribution < -0.4 is 5.46 Å². The third-order valence-corrected chi connectivity index (χ3v) is 1.07. The summed E-state index contributed by atoms with van der Waals surface area (Å²) in [5, 5.41) is 20.5. The molecule has 1 aromatic rings. The summed E-state index contributed by atoms with van der Waals surface area (Å²) in [6.07, 6.45) is 1.21. The van der Waals surface area contributed by atoms with Gasteiger partial charge in [0, 0.05) is 5.46 Å². The molecule has 0 aromatic carbocycles. The van der Waals surface area contributed by atoms with E-state index < -0.39 is 7.12 Å². The van der Waals surface area contributed by atoms with Crippen LogP contribution in [0.4, 0.5) is 0 Å². The van der Waals surface area contributed by atoms with Gasteiger partial charge in [-0.15, -0.1) is 0 Å². The van der Waals surface area contributed by atoms with Gasteiger partial charge in [0.1, 0.15) is 6.26 Å². The summed E-state index contributed by atoms with van der Waals surface area (Å²) in [6, 6.07) is 0. The molecular weight excluding hydrogens is 121 g/mol. The minimum atomic E-state index is -1.48. The van der Waals surface area contributed by atoms with Crippen molar-refractivity contribution >= 4 is 12.6 Å². The van der Waals surface area contributed by atoms with Crippen LogP contribution in [-0.4, -0.2) is 22.3 Å².